The summed E-state index contributed by atoms with van der Waals surface area (Å²) >= 11 is 0. The first kappa shape index (κ1) is 17.3. The van der Waals surface area contributed by atoms with Crippen molar-refractivity contribution in [2.75, 3.05) is 5.32 Å². The van der Waals surface area contributed by atoms with Crippen molar-refractivity contribution in [2.45, 2.75) is 20.5 Å². The second kappa shape index (κ2) is 7.98. The maximum atomic E-state index is 13.7. The summed E-state index contributed by atoms with van der Waals surface area (Å²) in [5.74, 6) is 0.0686. The number of hydrogen-bond donors (Lipinski definition) is 1. The highest BCUT2D eigenvalue weighted by Gasteiger charge is 2.11. The van der Waals surface area contributed by atoms with Gasteiger partial charge in [-0.05, 0) is 37.6 Å². The number of ether oxygens (including phenoxy) is 1. The lowest BCUT2D eigenvalue weighted by atomic mass is 10.1. The lowest BCUT2D eigenvalue weighted by Crippen LogP contribution is -2.04. The molecule has 2 aromatic carbocycles. The van der Waals surface area contributed by atoms with Gasteiger partial charge in [-0.2, -0.15) is 5.26 Å². The molecule has 1 N–H and O–H groups in total. The summed E-state index contributed by atoms with van der Waals surface area (Å²) in [6, 6.07) is 13.8. The van der Waals surface area contributed by atoms with Crippen LogP contribution >= 0.6 is 0 Å². The lowest BCUT2D eigenvalue weighted by Gasteiger charge is -2.14. The van der Waals surface area contributed by atoms with Gasteiger partial charge in [-0.25, -0.2) is 4.39 Å². The molecule has 0 radical (unpaired) electrons. The molecule has 0 aromatic heterocycles. The molecular formula is C20H19FN2O. The Bertz CT molecular complexity index is 819. The number of benzene rings is 2. The number of rotatable bonds is 6. The summed E-state index contributed by atoms with van der Waals surface area (Å²) in [5.41, 5.74) is 3.10. The highest BCUT2D eigenvalue weighted by molar-refractivity contribution is 5.66. The number of halogens is 1. The minimum atomic E-state index is -0.331. The third-order valence-corrected chi connectivity index (χ3v) is 3.67. The number of anilines is 1. The summed E-state index contributed by atoms with van der Waals surface area (Å²) in [6.45, 7) is 7.86. The number of allylic oxidation sites excluding steroid dienone is 2. The first-order chi connectivity index (χ1) is 11.6. The number of nitrogens with one attached hydrogen (secondary N) is 1. The number of nitriles is 1. The first-order valence-electron chi connectivity index (χ1n) is 7.55. The van der Waals surface area contributed by atoms with Crippen molar-refractivity contribution < 1.29 is 9.13 Å². The molecule has 0 saturated carbocycles. The van der Waals surface area contributed by atoms with Gasteiger partial charge in [-0.3, -0.25) is 0 Å². The summed E-state index contributed by atoms with van der Waals surface area (Å²) in [5, 5.41) is 12.6. The predicted octanol–water partition coefficient (Wildman–Crippen LogP) is 5.17. The maximum absolute atomic E-state index is 13.7. The number of nitrogens with zero attached hydrogens (tertiary/aromatic N) is 1. The van der Waals surface area contributed by atoms with Gasteiger partial charge in [0.2, 0.25) is 0 Å². The topological polar surface area (TPSA) is 45.0 Å². The van der Waals surface area contributed by atoms with Crippen LogP contribution in [0, 0.1) is 17.1 Å². The molecule has 4 heteroatoms. The average Bonchev–Trinajstić information content (AvgIpc) is 2.60. The molecule has 0 bridgehead atoms. The van der Waals surface area contributed by atoms with E-state index < -0.39 is 0 Å². The van der Waals surface area contributed by atoms with Crippen molar-refractivity contribution in [3.05, 3.63) is 83.3 Å². The van der Waals surface area contributed by atoms with E-state index in [9.17, 15) is 9.65 Å². The van der Waals surface area contributed by atoms with E-state index in [0.29, 0.717) is 28.3 Å². The molecule has 0 fully saturated rings. The van der Waals surface area contributed by atoms with E-state index in [1.54, 1.807) is 36.4 Å². The lowest BCUT2D eigenvalue weighted by molar-refractivity contribution is 0.299. The standard InChI is InChI=1S/C20H19FN2O/c1-4-14(2)15(3)23-19-10-7-11-20(17(19)12-22)24-13-16-8-5-6-9-18(16)21/h4-11,23H,3,13H2,1-2H3/b14-4-. The van der Waals surface area contributed by atoms with Crippen molar-refractivity contribution >= 4 is 5.69 Å². The Hall–Kier alpha value is -3.06. The Morgan fingerprint density at radius 2 is 2.04 bits per heavy atom. The van der Waals surface area contributed by atoms with Crippen LogP contribution in [-0.4, -0.2) is 0 Å². The van der Waals surface area contributed by atoms with Crippen LogP contribution in [0.1, 0.15) is 25.0 Å². The van der Waals surface area contributed by atoms with Gasteiger partial charge in [0.05, 0.1) is 5.69 Å². The Labute approximate surface area is 141 Å². The van der Waals surface area contributed by atoms with Gasteiger partial charge in [0.15, 0.2) is 0 Å². The Balaban J connectivity index is 2.22. The predicted molar refractivity (Wildman–Crippen MR) is 94.1 cm³/mol. The Morgan fingerprint density at radius 1 is 1.29 bits per heavy atom. The molecule has 24 heavy (non-hydrogen) atoms. The minimum absolute atomic E-state index is 0.0552. The zero-order valence-corrected chi connectivity index (χ0v) is 13.8. The zero-order valence-electron chi connectivity index (χ0n) is 13.8. The zero-order chi connectivity index (χ0) is 17.5. The van der Waals surface area contributed by atoms with E-state index in [1.807, 2.05) is 19.9 Å². The summed E-state index contributed by atoms with van der Waals surface area (Å²) in [6.07, 6.45) is 1.93. The molecule has 0 aliphatic carbocycles. The van der Waals surface area contributed by atoms with E-state index in [2.05, 4.69) is 18.0 Å². The van der Waals surface area contributed by atoms with Crippen LogP contribution in [0.25, 0.3) is 0 Å². The molecule has 0 atom stereocenters. The second-order valence-corrected chi connectivity index (χ2v) is 5.25. The van der Waals surface area contributed by atoms with Gasteiger partial charge in [-0.15, -0.1) is 0 Å². The third kappa shape index (κ3) is 4.02. The normalized spacial score (nSPS) is 10.8. The second-order valence-electron chi connectivity index (χ2n) is 5.25. The van der Waals surface area contributed by atoms with Crippen LogP contribution in [0.5, 0.6) is 5.75 Å². The van der Waals surface area contributed by atoms with Crippen molar-refractivity contribution in [2.24, 2.45) is 0 Å². The molecule has 2 rings (SSSR count). The minimum Gasteiger partial charge on any atom is -0.487 e. The van der Waals surface area contributed by atoms with Crippen LogP contribution in [0.4, 0.5) is 10.1 Å². The molecule has 3 nitrogen and oxygen atoms in total. The molecule has 0 aliphatic heterocycles. The summed E-state index contributed by atoms with van der Waals surface area (Å²) < 4.78 is 19.3. The molecule has 0 saturated heterocycles. The largest absolute Gasteiger partial charge is 0.487 e. The fourth-order valence-corrected chi connectivity index (χ4v) is 2.08. The van der Waals surface area contributed by atoms with E-state index >= 15 is 0 Å². The molecule has 0 heterocycles. The molecule has 0 unspecified atom stereocenters. The fourth-order valence-electron chi connectivity index (χ4n) is 2.08. The Morgan fingerprint density at radius 3 is 2.71 bits per heavy atom. The van der Waals surface area contributed by atoms with Gasteiger partial charge < -0.3 is 10.1 Å². The summed E-state index contributed by atoms with van der Waals surface area (Å²) in [7, 11) is 0. The van der Waals surface area contributed by atoms with Gasteiger partial charge in [0.1, 0.15) is 29.8 Å². The van der Waals surface area contributed by atoms with E-state index in [-0.39, 0.29) is 12.4 Å². The molecular weight excluding hydrogens is 303 g/mol. The molecule has 0 amide bonds. The van der Waals surface area contributed by atoms with E-state index in [1.165, 1.54) is 6.07 Å². The van der Waals surface area contributed by atoms with Crippen molar-refractivity contribution in [3.8, 4) is 11.8 Å². The van der Waals surface area contributed by atoms with Gasteiger partial charge >= 0.3 is 0 Å². The van der Waals surface area contributed by atoms with E-state index in [4.69, 9.17) is 4.74 Å². The smallest absolute Gasteiger partial charge is 0.139 e. The Kier molecular flexibility index (Phi) is 5.75. The van der Waals surface area contributed by atoms with Crippen LogP contribution in [0.15, 0.2) is 66.4 Å². The molecule has 0 aliphatic rings. The van der Waals surface area contributed by atoms with E-state index in [0.717, 1.165) is 5.57 Å². The monoisotopic (exact) mass is 322 g/mol. The first-order valence-corrected chi connectivity index (χ1v) is 7.55. The number of hydrogen-bond acceptors (Lipinski definition) is 3. The highest BCUT2D eigenvalue weighted by Crippen LogP contribution is 2.28. The molecule has 122 valence electrons. The summed E-state index contributed by atoms with van der Waals surface area (Å²) in [4.78, 5) is 0. The van der Waals surface area contributed by atoms with Crippen LogP contribution < -0.4 is 10.1 Å². The van der Waals surface area contributed by atoms with Gasteiger partial charge in [0, 0.05) is 11.3 Å². The molecule has 0 spiro atoms. The van der Waals surface area contributed by atoms with Gasteiger partial charge in [0.25, 0.3) is 0 Å². The SMILES string of the molecule is C=C(Nc1cccc(OCc2ccccc2F)c1C#N)/C(C)=C\C. The van der Waals surface area contributed by atoms with Crippen molar-refractivity contribution in [1.82, 2.24) is 0 Å². The highest BCUT2D eigenvalue weighted by atomic mass is 19.1. The van der Waals surface area contributed by atoms with Crippen LogP contribution in [0.3, 0.4) is 0 Å². The fraction of sp³-hybridized carbons (Fsp3) is 0.150. The molecule has 2 aromatic rings. The van der Waals surface area contributed by atoms with Crippen molar-refractivity contribution in [1.29, 1.82) is 5.26 Å². The third-order valence-electron chi connectivity index (χ3n) is 3.67. The quantitative estimate of drug-likeness (QED) is 0.746. The van der Waals surface area contributed by atoms with Gasteiger partial charge in [-0.1, -0.05) is 36.9 Å². The maximum Gasteiger partial charge on any atom is 0.139 e. The average molecular weight is 322 g/mol. The van der Waals surface area contributed by atoms with Crippen LogP contribution in [0.2, 0.25) is 0 Å². The van der Waals surface area contributed by atoms with Crippen LogP contribution in [-0.2, 0) is 6.61 Å². The van der Waals surface area contributed by atoms with Crippen molar-refractivity contribution in [3.63, 3.8) is 0 Å².